The first-order valence-corrected chi connectivity index (χ1v) is 11.7. The lowest BCUT2D eigenvalue weighted by Gasteiger charge is -2.24. The Balaban J connectivity index is 1.20. The van der Waals surface area contributed by atoms with Gasteiger partial charge in [-0.25, -0.2) is 0 Å². The number of rotatable bonds is 7. The predicted octanol–water partition coefficient (Wildman–Crippen LogP) is 5.46. The van der Waals surface area contributed by atoms with Gasteiger partial charge in [-0.05, 0) is 41.5 Å². The molecule has 0 unspecified atom stereocenters. The van der Waals surface area contributed by atoms with Crippen LogP contribution in [0.25, 0.3) is 23.0 Å². The highest BCUT2D eigenvalue weighted by atomic mass is 16.5. The third kappa shape index (κ3) is 4.46. The fourth-order valence-corrected chi connectivity index (χ4v) is 4.20. The van der Waals surface area contributed by atoms with E-state index in [2.05, 4.69) is 10.1 Å². The van der Waals surface area contributed by atoms with E-state index in [0.29, 0.717) is 42.9 Å². The highest BCUT2D eigenvalue weighted by molar-refractivity contribution is 5.65. The van der Waals surface area contributed by atoms with Gasteiger partial charge in [0.2, 0.25) is 5.82 Å². The third-order valence-electron chi connectivity index (χ3n) is 6.13. The van der Waals surface area contributed by atoms with Gasteiger partial charge in [-0.3, -0.25) is 4.68 Å². The quantitative estimate of drug-likeness (QED) is 0.306. The van der Waals surface area contributed by atoms with Gasteiger partial charge in [-0.15, -0.1) is 0 Å². The highest BCUT2D eigenvalue weighted by Crippen LogP contribution is 2.32. The molecule has 0 spiro atoms. The summed E-state index contributed by atoms with van der Waals surface area (Å²) in [5.74, 6) is 2.31. The van der Waals surface area contributed by atoms with Gasteiger partial charge >= 0.3 is 0 Å². The number of para-hydroxylation sites is 1. The van der Waals surface area contributed by atoms with Gasteiger partial charge in [0.15, 0.2) is 5.69 Å². The Kier molecular flexibility index (Phi) is 5.93. The average Bonchev–Trinajstić information content (AvgIpc) is 3.60. The minimum atomic E-state index is -0.0944. The largest absolute Gasteiger partial charge is 0.497 e. The molecule has 1 aliphatic heterocycles. The zero-order valence-corrected chi connectivity index (χ0v) is 19.7. The van der Waals surface area contributed by atoms with Crippen LogP contribution in [-0.4, -0.2) is 27.0 Å². The summed E-state index contributed by atoms with van der Waals surface area (Å²) < 4.78 is 24.9. The monoisotopic (exact) mass is 480 g/mol. The number of aromatic nitrogens is 4. The van der Waals surface area contributed by atoms with E-state index < -0.39 is 0 Å². The summed E-state index contributed by atoms with van der Waals surface area (Å²) in [6.07, 6.45) is -0.0944. The Morgan fingerprint density at radius 3 is 2.61 bits per heavy atom. The Bertz CT molecular complexity index is 1460. The Labute approximate surface area is 208 Å². The van der Waals surface area contributed by atoms with E-state index in [1.807, 2.05) is 89.6 Å². The van der Waals surface area contributed by atoms with Crippen molar-refractivity contribution in [3.05, 3.63) is 102 Å². The van der Waals surface area contributed by atoms with E-state index in [9.17, 15) is 0 Å². The average molecular weight is 481 g/mol. The van der Waals surface area contributed by atoms with Crippen LogP contribution in [0.1, 0.15) is 22.9 Å². The summed E-state index contributed by atoms with van der Waals surface area (Å²) in [6.45, 7) is 1.49. The molecule has 3 heterocycles. The molecule has 6 rings (SSSR count). The van der Waals surface area contributed by atoms with Crippen LogP contribution in [0.15, 0.2) is 89.5 Å². The molecule has 0 bridgehead atoms. The SMILES string of the molecule is COc1ccc([C@@H]2Cn3nc(-c4nc(-c5ccccc5OCc5ccccc5)no4)cc3CO2)cc1. The van der Waals surface area contributed by atoms with E-state index in [4.69, 9.17) is 23.8 Å². The van der Waals surface area contributed by atoms with Crippen LogP contribution in [0.2, 0.25) is 0 Å². The van der Waals surface area contributed by atoms with Crippen LogP contribution < -0.4 is 9.47 Å². The number of hydrogen-bond donors (Lipinski definition) is 0. The van der Waals surface area contributed by atoms with E-state index in [-0.39, 0.29) is 6.10 Å². The molecule has 1 aliphatic rings. The molecular formula is C28H24N4O4. The lowest BCUT2D eigenvalue weighted by atomic mass is 10.1. The number of fused-ring (bicyclic) bond motifs is 1. The van der Waals surface area contributed by atoms with Crippen molar-refractivity contribution in [3.8, 4) is 34.5 Å². The second kappa shape index (κ2) is 9.67. The molecule has 0 radical (unpaired) electrons. The Morgan fingerprint density at radius 2 is 1.78 bits per heavy atom. The van der Waals surface area contributed by atoms with Gasteiger partial charge in [0.05, 0.1) is 31.5 Å². The topological polar surface area (TPSA) is 84.4 Å². The minimum Gasteiger partial charge on any atom is -0.497 e. The van der Waals surface area contributed by atoms with E-state index in [1.165, 1.54) is 0 Å². The molecule has 0 saturated heterocycles. The number of nitrogens with zero attached hydrogens (tertiary/aromatic N) is 4. The Hall–Kier alpha value is -4.43. The molecule has 0 N–H and O–H groups in total. The van der Waals surface area contributed by atoms with Gasteiger partial charge in [-0.1, -0.05) is 59.8 Å². The summed E-state index contributed by atoms with van der Waals surface area (Å²) in [5, 5.41) is 8.93. The minimum absolute atomic E-state index is 0.0944. The fourth-order valence-electron chi connectivity index (χ4n) is 4.20. The second-order valence-electron chi connectivity index (χ2n) is 8.47. The standard InChI is InChI=1S/C28H24N4O4/c1-33-22-13-11-20(12-14-22)26-16-32-21(18-35-26)15-24(30-32)28-29-27(31-36-28)23-9-5-6-10-25(23)34-17-19-7-3-2-4-8-19/h2-15,26H,16-18H2,1H3/t26-/m0/s1. The molecule has 0 saturated carbocycles. The molecule has 2 aromatic heterocycles. The van der Waals surface area contributed by atoms with E-state index in [0.717, 1.165) is 28.1 Å². The summed E-state index contributed by atoms with van der Waals surface area (Å²) >= 11 is 0. The molecule has 8 heteroatoms. The zero-order valence-electron chi connectivity index (χ0n) is 19.7. The molecule has 3 aromatic carbocycles. The van der Waals surface area contributed by atoms with Gasteiger partial charge < -0.3 is 18.7 Å². The summed E-state index contributed by atoms with van der Waals surface area (Å²) in [7, 11) is 1.66. The number of hydrogen-bond acceptors (Lipinski definition) is 7. The summed E-state index contributed by atoms with van der Waals surface area (Å²) in [4.78, 5) is 4.62. The van der Waals surface area contributed by atoms with Crippen molar-refractivity contribution in [1.82, 2.24) is 19.9 Å². The van der Waals surface area contributed by atoms with Crippen LogP contribution >= 0.6 is 0 Å². The van der Waals surface area contributed by atoms with Crippen LogP contribution in [0.3, 0.4) is 0 Å². The van der Waals surface area contributed by atoms with Crippen molar-refractivity contribution in [2.24, 2.45) is 0 Å². The maximum atomic E-state index is 6.08. The number of methoxy groups -OCH3 is 1. The maximum Gasteiger partial charge on any atom is 0.278 e. The molecule has 1 atom stereocenters. The molecule has 0 amide bonds. The van der Waals surface area contributed by atoms with Crippen LogP contribution in [0.5, 0.6) is 11.5 Å². The zero-order chi connectivity index (χ0) is 24.3. The number of ether oxygens (including phenoxy) is 3. The highest BCUT2D eigenvalue weighted by Gasteiger charge is 2.25. The van der Waals surface area contributed by atoms with Gasteiger partial charge in [0.1, 0.15) is 24.2 Å². The smallest absolute Gasteiger partial charge is 0.278 e. The first-order valence-electron chi connectivity index (χ1n) is 11.7. The van der Waals surface area contributed by atoms with Crippen molar-refractivity contribution >= 4 is 0 Å². The summed E-state index contributed by atoms with van der Waals surface area (Å²) in [5.41, 5.74) is 4.49. The van der Waals surface area contributed by atoms with E-state index >= 15 is 0 Å². The van der Waals surface area contributed by atoms with Crippen LogP contribution in [0.4, 0.5) is 0 Å². The Morgan fingerprint density at radius 1 is 0.972 bits per heavy atom. The normalized spacial score (nSPS) is 14.9. The maximum absolute atomic E-state index is 6.08. The van der Waals surface area contributed by atoms with Crippen molar-refractivity contribution in [3.63, 3.8) is 0 Å². The third-order valence-corrected chi connectivity index (χ3v) is 6.13. The molecule has 180 valence electrons. The molecule has 0 aliphatic carbocycles. The van der Waals surface area contributed by atoms with Gasteiger partial charge in [-0.2, -0.15) is 10.1 Å². The van der Waals surface area contributed by atoms with Crippen LogP contribution in [-0.2, 0) is 24.5 Å². The first-order chi connectivity index (χ1) is 17.8. The fraction of sp³-hybridized carbons (Fsp3) is 0.179. The second-order valence-corrected chi connectivity index (χ2v) is 8.47. The predicted molar refractivity (Wildman–Crippen MR) is 132 cm³/mol. The van der Waals surface area contributed by atoms with Crippen molar-refractivity contribution < 1.29 is 18.7 Å². The molecular weight excluding hydrogens is 456 g/mol. The van der Waals surface area contributed by atoms with Crippen molar-refractivity contribution in [1.29, 1.82) is 0 Å². The molecule has 36 heavy (non-hydrogen) atoms. The van der Waals surface area contributed by atoms with Crippen LogP contribution in [0, 0.1) is 0 Å². The lowest BCUT2D eigenvalue weighted by molar-refractivity contribution is -0.00115. The molecule has 8 nitrogen and oxygen atoms in total. The first kappa shape index (κ1) is 22.1. The van der Waals surface area contributed by atoms with Crippen molar-refractivity contribution in [2.45, 2.75) is 25.9 Å². The van der Waals surface area contributed by atoms with Gasteiger partial charge in [0.25, 0.3) is 5.89 Å². The molecule has 0 fully saturated rings. The summed E-state index contributed by atoms with van der Waals surface area (Å²) in [6, 6.07) is 27.5. The number of benzene rings is 3. The van der Waals surface area contributed by atoms with Crippen molar-refractivity contribution in [2.75, 3.05) is 7.11 Å². The lowest BCUT2D eigenvalue weighted by Crippen LogP contribution is -2.21. The molecule has 5 aromatic rings. The van der Waals surface area contributed by atoms with Gasteiger partial charge in [0, 0.05) is 0 Å². The van der Waals surface area contributed by atoms with E-state index in [1.54, 1.807) is 7.11 Å².